The Kier molecular flexibility index (Phi) is 5.26. The van der Waals surface area contributed by atoms with Crippen LogP contribution in [0.2, 0.25) is 0 Å². The molecule has 124 valence electrons. The van der Waals surface area contributed by atoms with Gasteiger partial charge in [0.1, 0.15) is 0 Å². The van der Waals surface area contributed by atoms with Gasteiger partial charge in [0.15, 0.2) is 6.10 Å². The van der Waals surface area contributed by atoms with Crippen molar-refractivity contribution in [1.82, 2.24) is 0 Å². The lowest BCUT2D eigenvalue weighted by Crippen LogP contribution is -2.30. The van der Waals surface area contributed by atoms with Crippen molar-refractivity contribution in [2.75, 3.05) is 5.32 Å². The standard InChI is InChI=1S/C17H16N2O5/c1-11-6-8-13(9-7-11)17(21)24-12(2)16(20)18-14-4-3-5-15(10-14)19(22)23/h3-10,12H,1-2H3,(H,18,20)/t12-/m1/s1. The third-order valence-corrected chi connectivity index (χ3v) is 3.26. The molecule has 1 atom stereocenters. The second-order valence-corrected chi connectivity index (χ2v) is 5.21. The number of esters is 1. The van der Waals surface area contributed by atoms with Gasteiger partial charge in [-0.1, -0.05) is 23.8 Å². The van der Waals surface area contributed by atoms with Gasteiger partial charge in [-0.25, -0.2) is 4.79 Å². The molecule has 0 aliphatic carbocycles. The Hall–Kier alpha value is -3.22. The largest absolute Gasteiger partial charge is 0.449 e. The smallest absolute Gasteiger partial charge is 0.338 e. The number of aryl methyl sites for hydroxylation is 1. The number of ether oxygens (including phenoxy) is 1. The van der Waals surface area contributed by atoms with Crippen molar-refractivity contribution in [3.8, 4) is 0 Å². The highest BCUT2D eigenvalue weighted by Crippen LogP contribution is 2.17. The zero-order valence-electron chi connectivity index (χ0n) is 13.2. The summed E-state index contributed by atoms with van der Waals surface area (Å²) in [5.74, 6) is -1.19. The Morgan fingerprint density at radius 3 is 2.46 bits per heavy atom. The lowest BCUT2D eigenvalue weighted by Gasteiger charge is -2.13. The third kappa shape index (κ3) is 4.39. The molecule has 0 aliphatic heterocycles. The Balaban J connectivity index is 1.99. The van der Waals surface area contributed by atoms with Crippen LogP contribution >= 0.6 is 0 Å². The molecule has 0 fully saturated rings. The number of nitro benzene ring substituents is 1. The van der Waals surface area contributed by atoms with Gasteiger partial charge in [0.2, 0.25) is 0 Å². The van der Waals surface area contributed by atoms with E-state index in [1.807, 2.05) is 6.92 Å². The van der Waals surface area contributed by atoms with Gasteiger partial charge in [-0.2, -0.15) is 0 Å². The van der Waals surface area contributed by atoms with Crippen LogP contribution < -0.4 is 5.32 Å². The predicted octanol–water partition coefficient (Wildman–Crippen LogP) is 3.09. The number of carbonyl (C=O) groups is 2. The fourth-order valence-corrected chi connectivity index (χ4v) is 1.91. The number of hydrogen-bond acceptors (Lipinski definition) is 5. The SMILES string of the molecule is Cc1ccc(C(=O)O[C@H](C)C(=O)Nc2cccc([N+](=O)[O-])c2)cc1. The zero-order chi connectivity index (χ0) is 17.7. The molecule has 1 N–H and O–H groups in total. The van der Waals surface area contributed by atoms with Crippen molar-refractivity contribution in [1.29, 1.82) is 0 Å². The molecule has 0 spiro atoms. The van der Waals surface area contributed by atoms with E-state index in [-0.39, 0.29) is 11.4 Å². The van der Waals surface area contributed by atoms with Gasteiger partial charge in [-0.3, -0.25) is 14.9 Å². The van der Waals surface area contributed by atoms with Crippen molar-refractivity contribution in [3.63, 3.8) is 0 Å². The van der Waals surface area contributed by atoms with Crippen molar-refractivity contribution in [2.24, 2.45) is 0 Å². The van der Waals surface area contributed by atoms with E-state index in [0.29, 0.717) is 5.56 Å². The highest BCUT2D eigenvalue weighted by atomic mass is 16.6. The van der Waals surface area contributed by atoms with E-state index < -0.39 is 22.9 Å². The topological polar surface area (TPSA) is 98.5 Å². The summed E-state index contributed by atoms with van der Waals surface area (Å²) in [7, 11) is 0. The molecule has 24 heavy (non-hydrogen) atoms. The molecule has 0 saturated carbocycles. The van der Waals surface area contributed by atoms with Crippen LogP contribution in [0.3, 0.4) is 0 Å². The van der Waals surface area contributed by atoms with Crippen LogP contribution in [0.15, 0.2) is 48.5 Å². The average Bonchev–Trinajstić information content (AvgIpc) is 2.55. The van der Waals surface area contributed by atoms with E-state index in [9.17, 15) is 19.7 Å². The first-order valence-electron chi connectivity index (χ1n) is 7.20. The first kappa shape index (κ1) is 17.1. The molecule has 0 aromatic heterocycles. The maximum atomic E-state index is 12.1. The molecule has 0 heterocycles. The number of nitro groups is 1. The van der Waals surface area contributed by atoms with Crippen LogP contribution in [-0.2, 0) is 9.53 Å². The van der Waals surface area contributed by atoms with Gasteiger partial charge in [0, 0.05) is 17.8 Å². The predicted molar refractivity (Wildman–Crippen MR) is 87.8 cm³/mol. The molecule has 0 aliphatic rings. The molecule has 0 saturated heterocycles. The van der Waals surface area contributed by atoms with Crippen LogP contribution in [-0.4, -0.2) is 22.9 Å². The van der Waals surface area contributed by atoms with Gasteiger partial charge in [-0.05, 0) is 32.0 Å². The van der Waals surface area contributed by atoms with Crippen LogP contribution in [0.4, 0.5) is 11.4 Å². The summed E-state index contributed by atoms with van der Waals surface area (Å²) < 4.78 is 5.10. The number of hydrogen-bond donors (Lipinski definition) is 1. The van der Waals surface area contributed by atoms with E-state index >= 15 is 0 Å². The van der Waals surface area contributed by atoms with Crippen molar-refractivity contribution >= 4 is 23.3 Å². The number of nitrogens with one attached hydrogen (secondary N) is 1. The molecular weight excluding hydrogens is 312 g/mol. The number of anilines is 1. The van der Waals surface area contributed by atoms with Crippen molar-refractivity contribution in [2.45, 2.75) is 20.0 Å². The first-order valence-corrected chi connectivity index (χ1v) is 7.20. The van der Waals surface area contributed by atoms with Crippen LogP contribution in [0, 0.1) is 17.0 Å². The monoisotopic (exact) mass is 328 g/mol. The number of amides is 1. The Morgan fingerprint density at radius 2 is 1.83 bits per heavy atom. The van der Waals surface area contributed by atoms with E-state index in [4.69, 9.17) is 4.74 Å². The Labute approximate surface area is 138 Å². The lowest BCUT2D eigenvalue weighted by atomic mass is 10.1. The maximum absolute atomic E-state index is 12.1. The summed E-state index contributed by atoms with van der Waals surface area (Å²) in [5.41, 5.74) is 1.46. The van der Waals surface area contributed by atoms with Crippen LogP contribution in [0.5, 0.6) is 0 Å². The van der Waals surface area contributed by atoms with Gasteiger partial charge < -0.3 is 10.1 Å². The van der Waals surface area contributed by atoms with Gasteiger partial charge in [0.25, 0.3) is 11.6 Å². The number of non-ortho nitro benzene ring substituents is 1. The van der Waals surface area contributed by atoms with E-state index in [2.05, 4.69) is 5.32 Å². The summed E-state index contributed by atoms with van der Waals surface area (Å²) in [5, 5.41) is 13.2. The molecule has 0 radical (unpaired) electrons. The number of benzene rings is 2. The molecular formula is C17H16N2O5. The Morgan fingerprint density at radius 1 is 1.17 bits per heavy atom. The molecule has 7 heteroatoms. The minimum atomic E-state index is -1.04. The number of nitrogens with zero attached hydrogens (tertiary/aromatic N) is 1. The second-order valence-electron chi connectivity index (χ2n) is 5.21. The highest BCUT2D eigenvalue weighted by Gasteiger charge is 2.19. The average molecular weight is 328 g/mol. The third-order valence-electron chi connectivity index (χ3n) is 3.26. The first-order chi connectivity index (χ1) is 11.4. The zero-order valence-corrected chi connectivity index (χ0v) is 13.2. The summed E-state index contributed by atoms with van der Waals surface area (Å²) in [6.07, 6.45) is -1.04. The molecule has 0 bridgehead atoms. The fourth-order valence-electron chi connectivity index (χ4n) is 1.91. The van der Waals surface area contributed by atoms with E-state index in [1.165, 1.54) is 31.2 Å². The van der Waals surface area contributed by atoms with Crippen molar-refractivity contribution < 1.29 is 19.2 Å². The van der Waals surface area contributed by atoms with Crippen LogP contribution in [0.25, 0.3) is 0 Å². The maximum Gasteiger partial charge on any atom is 0.338 e. The van der Waals surface area contributed by atoms with E-state index in [0.717, 1.165) is 5.56 Å². The molecule has 1 amide bonds. The minimum absolute atomic E-state index is 0.142. The molecule has 2 aromatic carbocycles. The summed E-state index contributed by atoms with van der Waals surface area (Å²) in [6.45, 7) is 3.32. The molecule has 0 unspecified atom stereocenters. The van der Waals surface area contributed by atoms with E-state index in [1.54, 1.807) is 24.3 Å². The number of rotatable bonds is 5. The number of carbonyl (C=O) groups excluding carboxylic acids is 2. The van der Waals surface area contributed by atoms with Gasteiger partial charge >= 0.3 is 5.97 Å². The second kappa shape index (κ2) is 7.36. The van der Waals surface area contributed by atoms with Crippen LogP contribution in [0.1, 0.15) is 22.8 Å². The fraction of sp³-hybridized carbons (Fsp3) is 0.176. The molecule has 2 aromatic rings. The van der Waals surface area contributed by atoms with Gasteiger partial charge in [0.05, 0.1) is 10.5 Å². The lowest BCUT2D eigenvalue weighted by molar-refractivity contribution is -0.384. The summed E-state index contributed by atoms with van der Waals surface area (Å²) in [4.78, 5) is 34.2. The highest BCUT2D eigenvalue weighted by molar-refractivity contribution is 5.97. The normalized spacial score (nSPS) is 11.4. The summed E-state index contributed by atoms with van der Waals surface area (Å²) in [6, 6.07) is 12.3. The summed E-state index contributed by atoms with van der Waals surface area (Å²) >= 11 is 0. The van der Waals surface area contributed by atoms with Crippen molar-refractivity contribution in [3.05, 3.63) is 69.8 Å². The van der Waals surface area contributed by atoms with Gasteiger partial charge in [-0.15, -0.1) is 0 Å². The molecule has 2 rings (SSSR count). The minimum Gasteiger partial charge on any atom is -0.449 e. The quantitative estimate of drug-likeness (QED) is 0.516. The molecule has 7 nitrogen and oxygen atoms in total. The Bertz CT molecular complexity index is 771.